The number of benzene rings is 1. The first-order valence-corrected chi connectivity index (χ1v) is 6.24. The van der Waals surface area contributed by atoms with E-state index in [0.717, 1.165) is 37.5 Å². The normalized spacial score (nSPS) is 16.5. The highest BCUT2D eigenvalue weighted by atomic mass is 19.1. The van der Waals surface area contributed by atoms with Crippen LogP contribution in [0.5, 0.6) is 0 Å². The third-order valence-electron chi connectivity index (χ3n) is 3.62. The molecular weight excluding hydrogens is 251 g/mol. The van der Waals surface area contributed by atoms with E-state index < -0.39 is 16.6 Å². The molecule has 102 valence electrons. The van der Waals surface area contributed by atoms with Crippen LogP contribution in [0.25, 0.3) is 0 Å². The molecule has 0 spiro atoms. The number of carbonyl (C=O) groups is 1. The Kier molecular flexibility index (Phi) is 3.78. The van der Waals surface area contributed by atoms with Crippen LogP contribution in [0.2, 0.25) is 0 Å². The van der Waals surface area contributed by atoms with Crippen molar-refractivity contribution in [3.8, 4) is 0 Å². The Balaban J connectivity index is 2.13. The van der Waals surface area contributed by atoms with Crippen LogP contribution >= 0.6 is 0 Å². The fourth-order valence-corrected chi connectivity index (χ4v) is 2.14. The van der Waals surface area contributed by atoms with E-state index in [1.165, 1.54) is 0 Å². The maximum absolute atomic E-state index is 13.5. The molecule has 1 unspecified atom stereocenters. The zero-order valence-electron chi connectivity index (χ0n) is 10.6. The Labute approximate surface area is 110 Å². The Morgan fingerprint density at radius 2 is 2.21 bits per heavy atom. The summed E-state index contributed by atoms with van der Waals surface area (Å²) in [6.07, 6.45) is 3.26. The van der Waals surface area contributed by atoms with Crippen LogP contribution in [-0.4, -0.2) is 16.9 Å². The summed E-state index contributed by atoms with van der Waals surface area (Å²) >= 11 is 0. The summed E-state index contributed by atoms with van der Waals surface area (Å²) < 4.78 is 13.5. The molecule has 1 aliphatic rings. The van der Waals surface area contributed by atoms with Gasteiger partial charge >= 0.3 is 0 Å². The first-order chi connectivity index (χ1) is 8.99. The van der Waals surface area contributed by atoms with E-state index in [0.29, 0.717) is 5.92 Å². The van der Waals surface area contributed by atoms with E-state index in [-0.39, 0.29) is 17.3 Å². The van der Waals surface area contributed by atoms with E-state index >= 15 is 0 Å². The van der Waals surface area contributed by atoms with E-state index in [1.54, 1.807) is 0 Å². The number of nitro groups is 1. The second-order valence-corrected chi connectivity index (χ2v) is 4.87. The maximum Gasteiger partial charge on any atom is 0.270 e. The second-order valence-electron chi connectivity index (χ2n) is 4.87. The van der Waals surface area contributed by atoms with Crippen molar-refractivity contribution in [2.24, 2.45) is 5.92 Å². The Morgan fingerprint density at radius 3 is 2.74 bits per heavy atom. The summed E-state index contributed by atoms with van der Waals surface area (Å²) in [6, 6.07) is 2.92. The molecule has 0 aromatic heterocycles. The minimum atomic E-state index is -0.746. The molecule has 1 aliphatic carbocycles. The zero-order valence-corrected chi connectivity index (χ0v) is 10.6. The average Bonchev–Trinajstić information content (AvgIpc) is 2.26. The highest BCUT2D eigenvalue weighted by Crippen LogP contribution is 2.29. The lowest BCUT2D eigenvalue weighted by molar-refractivity contribution is -0.384. The van der Waals surface area contributed by atoms with Gasteiger partial charge in [0.1, 0.15) is 5.82 Å². The SMILES string of the molecule is CC(NC(=O)c1cc([N+](=O)[O-])ccc1F)C1CCC1. The molecule has 0 bridgehead atoms. The zero-order chi connectivity index (χ0) is 14.0. The average molecular weight is 266 g/mol. The predicted molar refractivity (Wildman–Crippen MR) is 67.3 cm³/mol. The lowest BCUT2D eigenvalue weighted by Gasteiger charge is -2.31. The second kappa shape index (κ2) is 5.34. The highest BCUT2D eigenvalue weighted by Gasteiger charge is 2.26. The lowest BCUT2D eigenvalue weighted by Crippen LogP contribution is -2.41. The van der Waals surface area contributed by atoms with Crippen molar-refractivity contribution >= 4 is 11.6 Å². The number of rotatable bonds is 4. The van der Waals surface area contributed by atoms with Gasteiger partial charge in [0.15, 0.2) is 0 Å². The van der Waals surface area contributed by atoms with E-state index in [2.05, 4.69) is 5.32 Å². The summed E-state index contributed by atoms with van der Waals surface area (Å²) in [5, 5.41) is 13.3. The molecule has 0 heterocycles. The third kappa shape index (κ3) is 2.89. The number of carbonyl (C=O) groups excluding carboxylic acids is 1. The number of nitrogens with one attached hydrogen (secondary N) is 1. The van der Waals surface area contributed by atoms with Gasteiger partial charge in [0, 0.05) is 18.2 Å². The van der Waals surface area contributed by atoms with Crippen molar-refractivity contribution in [2.75, 3.05) is 0 Å². The Bertz CT molecular complexity index is 515. The van der Waals surface area contributed by atoms with E-state index in [9.17, 15) is 19.3 Å². The molecule has 1 saturated carbocycles. The van der Waals surface area contributed by atoms with Gasteiger partial charge in [0.05, 0.1) is 10.5 Å². The molecule has 1 aromatic carbocycles. The number of hydrogen-bond acceptors (Lipinski definition) is 3. The molecule has 1 N–H and O–H groups in total. The van der Waals surface area contributed by atoms with Crippen molar-refractivity contribution in [3.05, 3.63) is 39.7 Å². The minimum Gasteiger partial charge on any atom is -0.349 e. The molecule has 1 atom stereocenters. The molecule has 5 nitrogen and oxygen atoms in total. The standard InChI is InChI=1S/C13H15FN2O3/c1-8(9-3-2-4-9)15-13(17)11-7-10(16(18)19)5-6-12(11)14/h5-9H,2-4H2,1H3,(H,15,17). The number of hydrogen-bond donors (Lipinski definition) is 1. The fraction of sp³-hybridized carbons (Fsp3) is 0.462. The lowest BCUT2D eigenvalue weighted by atomic mass is 9.80. The van der Waals surface area contributed by atoms with Crippen LogP contribution in [0.4, 0.5) is 10.1 Å². The number of nitrogens with zero attached hydrogens (tertiary/aromatic N) is 1. The van der Waals surface area contributed by atoms with Gasteiger partial charge < -0.3 is 5.32 Å². The molecule has 0 saturated heterocycles. The molecule has 6 heteroatoms. The molecule has 0 aliphatic heterocycles. The summed E-state index contributed by atoms with van der Waals surface area (Å²) in [7, 11) is 0. The van der Waals surface area contributed by atoms with Gasteiger partial charge in [-0.05, 0) is 31.7 Å². The van der Waals surface area contributed by atoms with E-state index in [4.69, 9.17) is 0 Å². The largest absolute Gasteiger partial charge is 0.349 e. The maximum atomic E-state index is 13.5. The van der Waals surface area contributed by atoms with Crippen molar-refractivity contribution in [3.63, 3.8) is 0 Å². The van der Waals surface area contributed by atoms with Gasteiger partial charge in [-0.2, -0.15) is 0 Å². The summed E-state index contributed by atoms with van der Waals surface area (Å²) in [5.41, 5.74) is -0.566. The van der Waals surface area contributed by atoms with Crippen LogP contribution in [0.3, 0.4) is 0 Å². The number of amides is 1. The van der Waals surface area contributed by atoms with Crippen molar-refractivity contribution < 1.29 is 14.1 Å². The Hall–Kier alpha value is -1.98. The number of non-ortho nitro benzene ring substituents is 1. The molecule has 1 aromatic rings. The first-order valence-electron chi connectivity index (χ1n) is 6.24. The topological polar surface area (TPSA) is 72.2 Å². The first kappa shape index (κ1) is 13.5. The molecule has 1 amide bonds. The van der Waals surface area contributed by atoms with Crippen molar-refractivity contribution in [2.45, 2.75) is 32.2 Å². The molecule has 0 radical (unpaired) electrons. The predicted octanol–water partition coefficient (Wildman–Crippen LogP) is 2.65. The van der Waals surface area contributed by atoms with Crippen LogP contribution in [0.15, 0.2) is 18.2 Å². The molecule has 1 fully saturated rings. The van der Waals surface area contributed by atoms with Crippen LogP contribution in [-0.2, 0) is 0 Å². The Morgan fingerprint density at radius 1 is 1.53 bits per heavy atom. The van der Waals surface area contributed by atoms with Gasteiger partial charge in [-0.1, -0.05) is 6.42 Å². The number of nitro benzene ring substituents is 1. The molecular formula is C13H15FN2O3. The monoisotopic (exact) mass is 266 g/mol. The highest BCUT2D eigenvalue weighted by molar-refractivity contribution is 5.95. The third-order valence-corrected chi connectivity index (χ3v) is 3.62. The fourth-order valence-electron chi connectivity index (χ4n) is 2.14. The smallest absolute Gasteiger partial charge is 0.270 e. The summed E-state index contributed by atoms with van der Waals surface area (Å²) in [6.45, 7) is 1.87. The molecule has 19 heavy (non-hydrogen) atoms. The number of halogens is 1. The summed E-state index contributed by atoms with van der Waals surface area (Å²) in [5.74, 6) is -0.921. The van der Waals surface area contributed by atoms with E-state index in [1.807, 2.05) is 6.92 Å². The van der Waals surface area contributed by atoms with Crippen molar-refractivity contribution in [1.82, 2.24) is 5.32 Å². The molecule has 2 rings (SSSR count). The quantitative estimate of drug-likeness (QED) is 0.672. The van der Waals surface area contributed by atoms with Crippen LogP contribution < -0.4 is 5.32 Å². The van der Waals surface area contributed by atoms with Crippen LogP contribution in [0.1, 0.15) is 36.5 Å². The van der Waals surface area contributed by atoms with Gasteiger partial charge in [-0.3, -0.25) is 14.9 Å². The van der Waals surface area contributed by atoms with Crippen molar-refractivity contribution in [1.29, 1.82) is 0 Å². The van der Waals surface area contributed by atoms with Gasteiger partial charge in [0.2, 0.25) is 0 Å². The van der Waals surface area contributed by atoms with Gasteiger partial charge in [-0.15, -0.1) is 0 Å². The van der Waals surface area contributed by atoms with Crippen LogP contribution in [0, 0.1) is 21.8 Å². The van der Waals surface area contributed by atoms with Gasteiger partial charge in [-0.25, -0.2) is 4.39 Å². The minimum absolute atomic E-state index is 0.0417. The summed E-state index contributed by atoms with van der Waals surface area (Å²) in [4.78, 5) is 21.9. The van der Waals surface area contributed by atoms with Gasteiger partial charge in [0.25, 0.3) is 11.6 Å².